The second-order valence-electron chi connectivity index (χ2n) is 8.00. The number of ether oxygens (including phenoxy) is 1. The summed E-state index contributed by atoms with van der Waals surface area (Å²) in [5, 5.41) is 27.4. The zero-order valence-electron chi connectivity index (χ0n) is 18.6. The highest BCUT2D eigenvalue weighted by Crippen LogP contribution is 2.37. The van der Waals surface area contributed by atoms with Gasteiger partial charge in [0, 0.05) is 11.7 Å². The number of aryl methyl sites for hydroxylation is 1. The van der Waals surface area contributed by atoms with Gasteiger partial charge in [-0.25, -0.2) is 0 Å². The van der Waals surface area contributed by atoms with E-state index < -0.39 is 23.4 Å². The fraction of sp³-hybridized carbons (Fsp3) is 0.524. The molecule has 2 aromatic heterocycles. The third kappa shape index (κ3) is 4.34. The summed E-state index contributed by atoms with van der Waals surface area (Å²) in [7, 11) is 0. The van der Waals surface area contributed by atoms with Crippen LogP contribution in [0, 0.1) is 49.1 Å². The van der Waals surface area contributed by atoms with Crippen LogP contribution in [0.2, 0.25) is 0 Å². The van der Waals surface area contributed by atoms with E-state index in [1.165, 1.54) is 18.5 Å². The number of hydrogen-bond acceptors (Lipinski definition) is 7. The highest BCUT2D eigenvalue weighted by Gasteiger charge is 2.27. The predicted molar refractivity (Wildman–Crippen MR) is 114 cm³/mol. The van der Waals surface area contributed by atoms with Crippen LogP contribution in [0.25, 0.3) is 0 Å². The van der Waals surface area contributed by atoms with Gasteiger partial charge < -0.3 is 14.6 Å². The minimum absolute atomic E-state index is 0.155. The van der Waals surface area contributed by atoms with E-state index in [1.807, 2.05) is 18.4 Å². The van der Waals surface area contributed by atoms with Crippen LogP contribution < -0.4 is 5.32 Å². The molecule has 2 aromatic rings. The SMILES string of the molecule is Cc1nn(CC(=O)OCC(=O)Nc2c(C#N)c(C)c(C)n2C2CCCC2)c(C)c1[N+](=O)[O-]. The fourth-order valence-corrected chi connectivity index (χ4v) is 4.29. The lowest BCUT2D eigenvalue weighted by Crippen LogP contribution is -2.25. The number of nitro groups is 1. The maximum absolute atomic E-state index is 12.5. The van der Waals surface area contributed by atoms with Crippen LogP contribution in [0.1, 0.15) is 59.9 Å². The van der Waals surface area contributed by atoms with Crippen molar-refractivity contribution in [3.05, 3.63) is 38.3 Å². The first-order chi connectivity index (χ1) is 15.1. The number of nitrogens with one attached hydrogen (secondary N) is 1. The molecule has 0 atom stereocenters. The number of aromatic nitrogens is 3. The highest BCUT2D eigenvalue weighted by atomic mass is 16.6. The van der Waals surface area contributed by atoms with Crippen molar-refractivity contribution < 1.29 is 19.2 Å². The molecular formula is C21H26N6O5. The van der Waals surface area contributed by atoms with Crippen LogP contribution in [0.15, 0.2) is 0 Å². The number of nitriles is 1. The van der Waals surface area contributed by atoms with Gasteiger partial charge in [0.2, 0.25) is 0 Å². The summed E-state index contributed by atoms with van der Waals surface area (Å²) in [6.45, 7) is 5.85. The van der Waals surface area contributed by atoms with Crippen molar-refractivity contribution >= 4 is 23.4 Å². The normalized spacial score (nSPS) is 13.7. The maximum atomic E-state index is 12.5. The van der Waals surface area contributed by atoms with Gasteiger partial charge in [0.05, 0.1) is 10.5 Å². The number of amides is 1. The zero-order chi connectivity index (χ0) is 23.6. The molecule has 11 heteroatoms. The van der Waals surface area contributed by atoms with Gasteiger partial charge >= 0.3 is 11.7 Å². The van der Waals surface area contributed by atoms with E-state index in [9.17, 15) is 25.0 Å². The van der Waals surface area contributed by atoms with Crippen LogP contribution in [-0.4, -0.2) is 37.8 Å². The summed E-state index contributed by atoms with van der Waals surface area (Å²) in [5.74, 6) is -0.879. The standard InChI is InChI=1S/C21H26N6O5/c1-12-14(3)26(16-7-5-6-8-16)21(17(12)9-22)23-18(28)11-32-19(29)10-25-15(4)20(27(30)31)13(2)24-25/h16H,5-8,10-11H2,1-4H3,(H,23,28). The average Bonchev–Trinajstić information content (AvgIpc) is 3.40. The van der Waals surface area contributed by atoms with Gasteiger partial charge in [-0.1, -0.05) is 12.8 Å². The molecule has 3 rings (SSSR count). The monoisotopic (exact) mass is 442 g/mol. The lowest BCUT2D eigenvalue weighted by Gasteiger charge is -2.19. The minimum atomic E-state index is -0.750. The number of nitrogens with zero attached hydrogens (tertiary/aromatic N) is 5. The molecule has 1 N–H and O–H groups in total. The van der Waals surface area contributed by atoms with Crippen molar-refractivity contribution in [3.8, 4) is 6.07 Å². The van der Waals surface area contributed by atoms with E-state index in [4.69, 9.17) is 4.74 Å². The molecule has 2 heterocycles. The fourth-order valence-electron chi connectivity index (χ4n) is 4.29. The first-order valence-corrected chi connectivity index (χ1v) is 10.4. The topological polar surface area (TPSA) is 145 Å². The molecule has 1 amide bonds. The second-order valence-corrected chi connectivity index (χ2v) is 8.00. The van der Waals surface area contributed by atoms with Crippen LogP contribution in [0.4, 0.5) is 11.5 Å². The summed E-state index contributed by atoms with van der Waals surface area (Å²) in [4.78, 5) is 35.2. The number of esters is 1. The van der Waals surface area contributed by atoms with E-state index in [0.717, 1.165) is 36.9 Å². The Kier molecular flexibility index (Phi) is 6.62. The van der Waals surface area contributed by atoms with Crippen molar-refractivity contribution in [1.82, 2.24) is 14.3 Å². The third-order valence-corrected chi connectivity index (χ3v) is 5.99. The minimum Gasteiger partial charge on any atom is -0.454 e. The molecule has 1 aliphatic rings. The molecule has 0 saturated heterocycles. The Bertz CT molecular complexity index is 1120. The number of rotatable bonds is 7. The molecule has 1 aliphatic carbocycles. The number of carbonyl (C=O) groups is 2. The van der Waals surface area contributed by atoms with Gasteiger partial charge in [-0.3, -0.25) is 24.4 Å². The molecule has 0 aliphatic heterocycles. The molecule has 1 saturated carbocycles. The summed E-state index contributed by atoms with van der Waals surface area (Å²) in [5.41, 5.74) is 2.43. The van der Waals surface area contributed by atoms with Gasteiger partial charge in [0.15, 0.2) is 6.61 Å². The maximum Gasteiger partial charge on any atom is 0.328 e. The summed E-state index contributed by atoms with van der Waals surface area (Å²) in [6, 6.07) is 2.38. The molecule has 0 spiro atoms. The Labute approximate surface area is 185 Å². The van der Waals surface area contributed by atoms with Crippen molar-refractivity contribution in [1.29, 1.82) is 5.26 Å². The summed E-state index contributed by atoms with van der Waals surface area (Å²) in [6.07, 6.45) is 4.15. The van der Waals surface area contributed by atoms with Gasteiger partial charge in [0.25, 0.3) is 5.91 Å². The predicted octanol–water partition coefficient (Wildman–Crippen LogP) is 3.00. The average molecular weight is 442 g/mol. The van der Waals surface area contributed by atoms with Crippen LogP contribution in [0.3, 0.4) is 0 Å². The second kappa shape index (κ2) is 9.21. The van der Waals surface area contributed by atoms with Crippen LogP contribution in [0.5, 0.6) is 0 Å². The molecule has 170 valence electrons. The first kappa shape index (κ1) is 23.0. The Balaban J connectivity index is 1.67. The smallest absolute Gasteiger partial charge is 0.328 e. The molecule has 32 heavy (non-hydrogen) atoms. The van der Waals surface area contributed by atoms with Gasteiger partial charge in [-0.2, -0.15) is 10.4 Å². The molecule has 0 unspecified atom stereocenters. The third-order valence-electron chi connectivity index (χ3n) is 5.99. The number of hydrogen-bond donors (Lipinski definition) is 1. The largest absolute Gasteiger partial charge is 0.454 e. The first-order valence-electron chi connectivity index (χ1n) is 10.4. The zero-order valence-corrected chi connectivity index (χ0v) is 18.6. The van der Waals surface area contributed by atoms with Crippen molar-refractivity contribution in [2.24, 2.45) is 0 Å². The van der Waals surface area contributed by atoms with Crippen molar-refractivity contribution in [2.75, 3.05) is 11.9 Å². The molecule has 0 bridgehead atoms. The summed E-state index contributed by atoms with van der Waals surface area (Å²) >= 11 is 0. The number of anilines is 1. The van der Waals surface area contributed by atoms with E-state index in [2.05, 4.69) is 16.5 Å². The van der Waals surface area contributed by atoms with E-state index >= 15 is 0 Å². The number of carbonyl (C=O) groups excluding carboxylic acids is 2. The van der Waals surface area contributed by atoms with Gasteiger partial charge in [-0.15, -0.1) is 0 Å². The Morgan fingerprint density at radius 2 is 1.91 bits per heavy atom. The van der Waals surface area contributed by atoms with Crippen molar-refractivity contribution in [3.63, 3.8) is 0 Å². The van der Waals surface area contributed by atoms with Crippen LogP contribution >= 0.6 is 0 Å². The van der Waals surface area contributed by atoms with Crippen LogP contribution in [-0.2, 0) is 20.9 Å². The Morgan fingerprint density at radius 1 is 1.25 bits per heavy atom. The summed E-state index contributed by atoms with van der Waals surface area (Å²) < 4.78 is 8.24. The highest BCUT2D eigenvalue weighted by molar-refractivity contribution is 5.93. The Morgan fingerprint density at radius 3 is 2.47 bits per heavy atom. The molecular weight excluding hydrogens is 416 g/mol. The van der Waals surface area contributed by atoms with E-state index in [0.29, 0.717) is 11.4 Å². The lowest BCUT2D eigenvalue weighted by molar-refractivity contribution is -0.386. The van der Waals surface area contributed by atoms with E-state index in [1.54, 1.807) is 0 Å². The Hall–Kier alpha value is -3.68. The molecule has 1 fully saturated rings. The lowest BCUT2D eigenvalue weighted by atomic mass is 10.2. The quantitative estimate of drug-likeness (QED) is 0.394. The molecule has 0 aromatic carbocycles. The van der Waals surface area contributed by atoms with Gasteiger partial charge in [0.1, 0.15) is 29.8 Å². The molecule has 11 nitrogen and oxygen atoms in total. The van der Waals surface area contributed by atoms with Crippen molar-refractivity contribution in [2.45, 2.75) is 66.0 Å². The molecule has 0 radical (unpaired) electrons. The van der Waals surface area contributed by atoms with E-state index in [-0.39, 0.29) is 29.7 Å². The van der Waals surface area contributed by atoms with Gasteiger partial charge in [-0.05, 0) is 46.1 Å².